The van der Waals surface area contributed by atoms with E-state index in [4.69, 9.17) is 32.7 Å². The van der Waals surface area contributed by atoms with E-state index in [1.165, 1.54) is 32.1 Å². The van der Waals surface area contributed by atoms with Crippen molar-refractivity contribution in [1.29, 1.82) is 0 Å². The van der Waals surface area contributed by atoms with Gasteiger partial charge in [-0.05, 0) is 65.6 Å². The van der Waals surface area contributed by atoms with Crippen LogP contribution in [0.2, 0.25) is 10.0 Å². The van der Waals surface area contributed by atoms with E-state index >= 15 is 0 Å². The van der Waals surface area contributed by atoms with Crippen LogP contribution in [0.4, 0.5) is 0 Å². The van der Waals surface area contributed by atoms with Crippen molar-refractivity contribution in [3.63, 3.8) is 0 Å². The Morgan fingerprint density at radius 2 is 1.69 bits per heavy atom. The molecule has 0 aliphatic rings. The molecule has 0 radical (unpaired) electrons. The summed E-state index contributed by atoms with van der Waals surface area (Å²) in [7, 11) is 0. The highest BCUT2D eigenvalue weighted by molar-refractivity contribution is 9.10. The number of rotatable bonds is 13. The Balaban J connectivity index is 2.00. The molecular formula is C23H30BrCl2NO2. The van der Waals surface area contributed by atoms with Crippen LogP contribution in [0.15, 0.2) is 34.8 Å². The summed E-state index contributed by atoms with van der Waals surface area (Å²) in [5.74, 6) is 1.37. The first-order chi connectivity index (χ1) is 14.1. The van der Waals surface area contributed by atoms with Crippen LogP contribution < -0.4 is 14.8 Å². The summed E-state index contributed by atoms with van der Waals surface area (Å²) in [6.07, 6.45) is 6.41. The van der Waals surface area contributed by atoms with Gasteiger partial charge >= 0.3 is 0 Å². The van der Waals surface area contributed by atoms with Gasteiger partial charge in [0.15, 0.2) is 11.5 Å². The van der Waals surface area contributed by atoms with Crippen molar-refractivity contribution >= 4 is 39.1 Å². The van der Waals surface area contributed by atoms with Crippen molar-refractivity contribution < 1.29 is 9.47 Å². The highest BCUT2D eigenvalue weighted by atomic mass is 79.9. The Kier molecular flexibility index (Phi) is 11.2. The third-order valence-corrected chi connectivity index (χ3v) is 5.88. The smallest absolute Gasteiger partial charge is 0.175 e. The molecule has 0 amide bonds. The molecule has 0 aromatic heterocycles. The Morgan fingerprint density at radius 1 is 0.966 bits per heavy atom. The second kappa shape index (κ2) is 13.4. The summed E-state index contributed by atoms with van der Waals surface area (Å²) in [5.41, 5.74) is 1.91. The van der Waals surface area contributed by atoms with E-state index < -0.39 is 0 Å². The summed E-state index contributed by atoms with van der Waals surface area (Å²) in [5, 5.41) is 4.69. The van der Waals surface area contributed by atoms with E-state index in [1.807, 2.05) is 31.2 Å². The number of unbranched alkanes of at least 4 members (excludes halogenated alkanes) is 4. The molecule has 6 heteroatoms. The van der Waals surface area contributed by atoms with Crippen molar-refractivity contribution in [1.82, 2.24) is 5.32 Å². The average Bonchev–Trinajstić information content (AvgIpc) is 2.68. The molecule has 29 heavy (non-hydrogen) atoms. The number of hydrogen-bond acceptors (Lipinski definition) is 3. The minimum absolute atomic E-state index is 0.270. The molecule has 0 saturated carbocycles. The van der Waals surface area contributed by atoms with Gasteiger partial charge in [-0.1, -0.05) is 61.9 Å². The highest BCUT2D eigenvalue weighted by Crippen LogP contribution is 2.38. The molecule has 0 bridgehead atoms. The van der Waals surface area contributed by atoms with Gasteiger partial charge in [0.1, 0.15) is 6.61 Å². The van der Waals surface area contributed by atoms with Crippen molar-refractivity contribution in [2.75, 3.05) is 13.2 Å². The first-order valence-corrected chi connectivity index (χ1v) is 11.8. The van der Waals surface area contributed by atoms with E-state index in [2.05, 4.69) is 34.2 Å². The standard InChI is InChI=1S/C23H30BrCl2NO2/c1-3-5-6-7-8-12-27-15-17-13-19(24)23(22(14-17)28-4-2)29-16-18-20(25)10-9-11-21(18)26/h9-11,13-14,27H,3-8,12,15-16H2,1-2H3. The van der Waals surface area contributed by atoms with Crippen LogP contribution >= 0.6 is 39.1 Å². The number of nitrogens with one attached hydrogen (secondary N) is 1. The first kappa shape index (κ1) is 24.3. The van der Waals surface area contributed by atoms with Crippen LogP contribution in [0.25, 0.3) is 0 Å². The average molecular weight is 503 g/mol. The summed E-state index contributed by atoms with van der Waals surface area (Å²) < 4.78 is 12.7. The number of benzene rings is 2. The van der Waals surface area contributed by atoms with Crippen molar-refractivity contribution in [2.24, 2.45) is 0 Å². The molecular weight excluding hydrogens is 473 g/mol. The summed E-state index contributed by atoms with van der Waals surface area (Å²) in [6, 6.07) is 9.53. The molecule has 0 aliphatic carbocycles. The molecule has 0 atom stereocenters. The van der Waals surface area contributed by atoms with Gasteiger partial charge < -0.3 is 14.8 Å². The lowest BCUT2D eigenvalue weighted by molar-refractivity contribution is 0.267. The van der Waals surface area contributed by atoms with Crippen LogP contribution in [0.1, 0.15) is 57.1 Å². The third-order valence-electron chi connectivity index (χ3n) is 4.58. The van der Waals surface area contributed by atoms with Crippen LogP contribution in [0.5, 0.6) is 11.5 Å². The van der Waals surface area contributed by atoms with Crippen molar-refractivity contribution in [3.05, 3.63) is 56.0 Å². The molecule has 0 aliphatic heterocycles. The predicted octanol–water partition coefficient (Wildman–Crippen LogP) is 7.79. The zero-order valence-corrected chi connectivity index (χ0v) is 20.3. The predicted molar refractivity (Wildman–Crippen MR) is 127 cm³/mol. The molecule has 0 unspecified atom stereocenters. The zero-order valence-electron chi connectivity index (χ0n) is 17.2. The van der Waals surface area contributed by atoms with Crippen molar-refractivity contribution in [3.8, 4) is 11.5 Å². The minimum Gasteiger partial charge on any atom is -0.490 e. The SMILES string of the molecule is CCCCCCCNCc1cc(Br)c(OCc2c(Cl)cccc2Cl)c(OCC)c1. The first-order valence-electron chi connectivity index (χ1n) is 10.3. The molecule has 2 rings (SSSR count). The summed E-state index contributed by atoms with van der Waals surface area (Å²) >= 11 is 16.1. The Labute approximate surface area is 193 Å². The van der Waals surface area contributed by atoms with Gasteiger partial charge in [-0.2, -0.15) is 0 Å². The van der Waals surface area contributed by atoms with Crippen LogP contribution in [-0.2, 0) is 13.2 Å². The Bertz CT molecular complexity index is 751. The molecule has 0 spiro atoms. The molecule has 3 nitrogen and oxygen atoms in total. The number of halogens is 3. The molecule has 0 saturated heterocycles. The fraction of sp³-hybridized carbons (Fsp3) is 0.478. The van der Waals surface area contributed by atoms with Crippen LogP contribution in [-0.4, -0.2) is 13.2 Å². The molecule has 1 N–H and O–H groups in total. The molecule has 2 aromatic carbocycles. The Morgan fingerprint density at radius 3 is 2.38 bits per heavy atom. The van der Waals surface area contributed by atoms with Crippen molar-refractivity contribution in [2.45, 2.75) is 59.1 Å². The van der Waals surface area contributed by atoms with E-state index in [0.29, 0.717) is 28.2 Å². The summed E-state index contributed by atoms with van der Waals surface area (Å²) in [6.45, 7) is 6.85. The van der Waals surface area contributed by atoms with E-state index in [9.17, 15) is 0 Å². The van der Waals surface area contributed by atoms with Gasteiger partial charge in [0.2, 0.25) is 0 Å². The van der Waals surface area contributed by atoms with E-state index in [1.54, 1.807) is 0 Å². The topological polar surface area (TPSA) is 30.5 Å². The van der Waals surface area contributed by atoms with Gasteiger partial charge in [-0.15, -0.1) is 0 Å². The quantitative estimate of drug-likeness (QED) is 0.283. The van der Waals surface area contributed by atoms with E-state index in [0.717, 1.165) is 28.7 Å². The molecule has 2 aromatic rings. The lowest BCUT2D eigenvalue weighted by atomic mass is 10.1. The monoisotopic (exact) mass is 501 g/mol. The highest BCUT2D eigenvalue weighted by Gasteiger charge is 2.14. The Hall–Kier alpha value is -0.940. The van der Waals surface area contributed by atoms with Gasteiger partial charge in [-0.25, -0.2) is 0 Å². The van der Waals surface area contributed by atoms with Crippen LogP contribution in [0.3, 0.4) is 0 Å². The van der Waals surface area contributed by atoms with Gasteiger partial charge in [-0.3, -0.25) is 0 Å². The normalized spacial score (nSPS) is 10.9. The maximum absolute atomic E-state index is 6.26. The lowest BCUT2D eigenvalue weighted by Gasteiger charge is -2.17. The lowest BCUT2D eigenvalue weighted by Crippen LogP contribution is -2.15. The van der Waals surface area contributed by atoms with E-state index in [-0.39, 0.29) is 6.61 Å². The third kappa shape index (κ3) is 8.01. The second-order valence-corrected chi connectivity index (χ2v) is 8.59. The molecule has 0 heterocycles. The summed E-state index contributed by atoms with van der Waals surface area (Å²) in [4.78, 5) is 0. The zero-order chi connectivity index (χ0) is 21.1. The molecule has 0 fully saturated rings. The number of ether oxygens (including phenoxy) is 2. The minimum atomic E-state index is 0.270. The van der Waals surface area contributed by atoms with Gasteiger partial charge in [0.05, 0.1) is 11.1 Å². The molecule has 160 valence electrons. The maximum Gasteiger partial charge on any atom is 0.175 e. The maximum atomic E-state index is 6.26. The largest absolute Gasteiger partial charge is 0.490 e. The fourth-order valence-corrected chi connectivity index (χ4v) is 4.14. The fourth-order valence-electron chi connectivity index (χ4n) is 3.03. The number of hydrogen-bond donors (Lipinski definition) is 1. The van der Waals surface area contributed by atoms with Crippen LogP contribution in [0, 0.1) is 0 Å². The second-order valence-electron chi connectivity index (χ2n) is 6.92. The van der Waals surface area contributed by atoms with Gasteiger partial charge in [0.25, 0.3) is 0 Å². The van der Waals surface area contributed by atoms with Gasteiger partial charge in [0, 0.05) is 22.2 Å².